The Morgan fingerprint density at radius 1 is 1.16 bits per heavy atom. The van der Waals surface area contributed by atoms with Crippen LogP contribution in [0.1, 0.15) is 30.6 Å². The molecular weight excluding hydrogens is 412 g/mol. The van der Waals surface area contributed by atoms with Crippen LogP contribution in [0.5, 0.6) is 0 Å². The Labute approximate surface area is 149 Å². The summed E-state index contributed by atoms with van der Waals surface area (Å²) in [6.07, 6.45) is 0.126. The van der Waals surface area contributed by atoms with Gasteiger partial charge in [0.1, 0.15) is 11.3 Å². The number of esters is 1. The lowest BCUT2D eigenvalue weighted by molar-refractivity contribution is -0.122. The van der Waals surface area contributed by atoms with Crippen LogP contribution >= 0.6 is 15.9 Å². The van der Waals surface area contributed by atoms with Crippen LogP contribution in [0.25, 0.3) is 0 Å². The maximum atomic E-state index is 13.7. The summed E-state index contributed by atoms with van der Waals surface area (Å²) in [5.74, 6) is -9.40. The number of amides is 1. The molecule has 5 nitrogen and oxygen atoms in total. The Kier molecular flexibility index (Phi) is 7.09. The second-order valence-corrected chi connectivity index (χ2v) is 7.34. The van der Waals surface area contributed by atoms with Gasteiger partial charge in [0, 0.05) is 6.54 Å². The number of nitrogens with zero attached hydrogens (tertiary/aromatic N) is 1. The highest BCUT2D eigenvalue weighted by Crippen LogP contribution is 2.30. The van der Waals surface area contributed by atoms with E-state index in [0.29, 0.717) is 0 Å². The number of hydrogen-bond donors (Lipinski definition) is 1. The predicted octanol–water partition coefficient (Wildman–Crippen LogP) is 3.41. The standard InChI is InChI=1S/C15H15BrF4N2O3/c1-15(2,16)14(24)22-5-4-6-25-13(23)7-8(17)10(19)12(21-3)11(20)9(7)18/h3-6H2,1-2H3,(H,22,24). The van der Waals surface area contributed by atoms with E-state index in [-0.39, 0.29) is 25.5 Å². The molecule has 0 heterocycles. The molecule has 1 amide bonds. The van der Waals surface area contributed by atoms with Gasteiger partial charge in [0.2, 0.25) is 5.91 Å². The summed E-state index contributed by atoms with van der Waals surface area (Å²) in [5, 5.41) is 2.53. The van der Waals surface area contributed by atoms with Crippen LogP contribution < -0.4 is 5.32 Å². The molecule has 1 aromatic carbocycles. The van der Waals surface area contributed by atoms with E-state index in [1.807, 2.05) is 0 Å². The molecule has 0 unspecified atom stereocenters. The molecule has 0 aliphatic heterocycles. The maximum absolute atomic E-state index is 13.7. The first-order valence-corrected chi connectivity index (χ1v) is 7.78. The third-order valence-electron chi connectivity index (χ3n) is 2.98. The minimum absolute atomic E-state index is 0.119. The van der Waals surface area contributed by atoms with Gasteiger partial charge in [-0.3, -0.25) is 9.79 Å². The third kappa shape index (κ3) is 5.00. The quantitative estimate of drug-likeness (QED) is 0.181. The van der Waals surface area contributed by atoms with E-state index < -0.39 is 44.8 Å². The zero-order valence-corrected chi connectivity index (χ0v) is 15.0. The highest BCUT2D eigenvalue weighted by Gasteiger charge is 2.30. The topological polar surface area (TPSA) is 67.8 Å². The molecule has 0 fully saturated rings. The van der Waals surface area contributed by atoms with E-state index in [2.05, 4.69) is 37.7 Å². The van der Waals surface area contributed by atoms with Gasteiger partial charge >= 0.3 is 5.97 Å². The largest absolute Gasteiger partial charge is 0.462 e. The van der Waals surface area contributed by atoms with Gasteiger partial charge in [-0.05, 0) is 27.0 Å². The van der Waals surface area contributed by atoms with Crippen molar-refractivity contribution in [1.29, 1.82) is 0 Å². The minimum Gasteiger partial charge on any atom is -0.462 e. The molecular formula is C15H15BrF4N2O3. The monoisotopic (exact) mass is 426 g/mol. The van der Waals surface area contributed by atoms with Gasteiger partial charge in [-0.15, -0.1) is 0 Å². The first kappa shape index (κ1) is 21.1. The van der Waals surface area contributed by atoms with Crippen molar-refractivity contribution >= 4 is 40.2 Å². The van der Waals surface area contributed by atoms with E-state index in [0.717, 1.165) is 0 Å². The Morgan fingerprint density at radius 2 is 1.68 bits per heavy atom. The first-order chi connectivity index (χ1) is 11.5. The second kappa shape index (κ2) is 8.41. The molecule has 0 spiro atoms. The summed E-state index contributed by atoms with van der Waals surface area (Å²) in [6.45, 7) is 5.83. The SMILES string of the molecule is C=Nc1c(F)c(F)c(C(=O)OCCCNC(=O)C(C)(C)Br)c(F)c1F. The summed E-state index contributed by atoms with van der Waals surface area (Å²) < 4.78 is 58.3. The highest BCUT2D eigenvalue weighted by molar-refractivity contribution is 9.10. The third-order valence-corrected chi connectivity index (χ3v) is 3.34. The fourth-order valence-electron chi connectivity index (χ4n) is 1.66. The number of halogens is 5. The van der Waals surface area contributed by atoms with Crippen LogP contribution in [0.4, 0.5) is 23.2 Å². The Bertz CT molecular complexity index is 676. The normalized spacial score (nSPS) is 11.2. The molecule has 10 heteroatoms. The van der Waals surface area contributed by atoms with Crippen LogP contribution in [0, 0.1) is 23.3 Å². The molecule has 1 aromatic rings. The van der Waals surface area contributed by atoms with Crippen LogP contribution in [0.3, 0.4) is 0 Å². The maximum Gasteiger partial charge on any atom is 0.344 e. The van der Waals surface area contributed by atoms with Crippen molar-refractivity contribution in [2.45, 2.75) is 24.6 Å². The molecule has 0 aliphatic carbocycles. The Balaban J connectivity index is 2.71. The molecule has 0 aromatic heterocycles. The van der Waals surface area contributed by atoms with Crippen LogP contribution in [-0.4, -0.2) is 36.1 Å². The van der Waals surface area contributed by atoms with Gasteiger partial charge in [-0.2, -0.15) is 0 Å². The van der Waals surface area contributed by atoms with Gasteiger partial charge in [-0.25, -0.2) is 22.4 Å². The molecule has 138 valence electrons. The van der Waals surface area contributed by atoms with Gasteiger partial charge < -0.3 is 10.1 Å². The number of aliphatic imine (C=N–C) groups is 1. The lowest BCUT2D eigenvalue weighted by atomic mass is 10.1. The van der Waals surface area contributed by atoms with E-state index in [1.54, 1.807) is 13.8 Å². The molecule has 0 atom stereocenters. The molecule has 0 aliphatic rings. The molecule has 1 rings (SSSR count). The molecule has 0 radical (unpaired) electrons. The molecule has 0 saturated heterocycles. The van der Waals surface area contributed by atoms with Gasteiger partial charge in [0.05, 0.1) is 10.9 Å². The number of rotatable bonds is 7. The fraction of sp³-hybridized carbons (Fsp3) is 0.400. The zero-order chi connectivity index (χ0) is 19.4. The second-order valence-electron chi connectivity index (χ2n) is 5.36. The molecule has 1 N–H and O–H groups in total. The Hall–Kier alpha value is -1.97. The number of carbonyl (C=O) groups excluding carboxylic acids is 2. The number of nitrogens with one attached hydrogen (secondary N) is 1. The Morgan fingerprint density at radius 3 is 2.12 bits per heavy atom. The van der Waals surface area contributed by atoms with Gasteiger partial charge in [0.25, 0.3) is 0 Å². The van der Waals surface area contributed by atoms with E-state index in [9.17, 15) is 27.2 Å². The lowest BCUT2D eigenvalue weighted by Gasteiger charge is -2.15. The summed E-state index contributed by atoms with van der Waals surface area (Å²) in [7, 11) is 0. The molecule has 0 bridgehead atoms. The van der Waals surface area contributed by atoms with Crippen molar-refractivity contribution in [2.75, 3.05) is 13.2 Å². The summed E-state index contributed by atoms with van der Waals surface area (Å²) in [5.41, 5.74) is -2.75. The smallest absolute Gasteiger partial charge is 0.344 e. The van der Waals surface area contributed by atoms with E-state index in [1.165, 1.54) is 0 Å². The van der Waals surface area contributed by atoms with Crippen molar-refractivity contribution in [2.24, 2.45) is 4.99 Å². The number of hydrogen-bond acceptors (Lipinski definition) is 4. The number of alkyl halides is 1. The average molecular weight is 427 g/mol. The number of carbonyl (C=O) groups is 2. The summed E-state index contributed by atoms with van der Waals surface area (Å²) in [4.78, 5) is 26.1. The zero-order valence-electron chi connectivity index (χ0n) is 13.4. The first-order valence-electron chi connectivity index (χ1n) is 6.99. The van der Waals surface area contributed by atoms with Crippen LogP contribution in [0.2, 0.25) is 0 Å². The van der Waals surface area contributed by atoms with Crippen LogP contribution in [0.15, 0.2) is 4.99 Å². The van der Waals surface area contributed by atoms with Gasteiger partial charge in [0.15, 0.2) is 23.3 Å². The van der Waals surface area contributed by atoms with Crippen molar-refractivity contribution < 1.29 is 31.9 Å². The van der Waals surface area contributed by atoms with Gasteiger partial charge in [-0.1, -0.05) is 15.9 Å². The van der Waals surface area contributed by atoms with Crippen molar-refractivity contribution in [3.8, 4) is 0 Å². The number of ether oxygens (including phenoxy) is 1. The average Bonchev–Trinajstić information content (AvgIpc) is 2.52. The molecule has 0 saturated carbocycles. The van der Waals surface area contributed by atoms with Crippen molar-refractivity contribution in [3.63, 3.8) is 0 Å². The fourth-order valence-corrected chi connectivity index (χ4v) is 1.80. The summed E-state index contributed by atoms with van der Waals surface area (Å²) >= 11 is 3.14. The summed E-state index contributed by atoms with van der Waals surface area (Å²) in [6, 6.07) is 0. The van der Waals surface area contributed by atoms with Crippen LogP contribution in [-0.2, 0) is 9.53 Å². The van der Waals surface area contributed by atoms with Crippen molar-refractivity contribution in [3.05, 3.63) is 28.8 Å². The predicted molar refractivity (Wildman–Crippen MR) is 86.4 cm³/mol. The molecule has 25 heavy (non-hydrogen) atoms. The lowest BCUT2D eigenvalue weighted by Crippen LogP contribution is -2.38. The van der Waals surface area contributed by atoms with Crippen molar-refractivity contribution in [1.82, 2.24) is 5.32 Å². The van der Waals surface area contributed by atoms with E-state index >= 15 is 0 Å². The number of benzene rings is 1. The highest BCUT2D eigenvalue weighted by atomic mass is 79.9. The van der Waals surface area contributed by atoms with E-state index in [4.69, 9.17) is 0 Å². The minimum atomic E-state index is -1.92.